The van der Waals surface area contributed by atoms with Gasteiger partial charge in [0.25, 0.3) is 0 Å². The molecule has 1 amide bonds. The lowest BCUT2D eigenvalue weighted by atomic mass is 10.1. The third-order valence-corrected chi connectivity index (χ3v) is 5.12. The lowest BCUT2D eigenvalue weighted by Crippen LogP contribution is -2.14. The fourth-order valence-electron chi connectivity index (χ4n) is 1.98. The molecule has 0 aromatic carbocycles. The van der Waals surface area contributed by atoms with Gasteiger partial charge in [-0.05, 0) is 19.1 Å². The highest BCUT2D eigenvalue weighted by atomic mass is 32.1. The minimum absolute atomic E-state index is 0.0263. The fraction of sp³-hybridized carbons (Fsp3) is 0.375. The Balaban J connectivity index is 1.72. The summed E-state index contributed by atoms with van der Waals surface area (Å²) in [4.78, 5) is 40.3. The lowest BCUT2D eigenvalue weighted by Gasteiger charge is -2.02. The number of rotatable bonds is 8. The van der Waals surface area contributed by atoms with Crippen LogP contribution < -0.4 is 5.32 Å². The molecule has 0 radical (unpaired) electrons. The van der Waals surface area contributed by atoms with Gasteiger partial charge in [0.1, 0.15) is 5.78 Å². The van der Waals surface area contributed by atoms with Crippen LogP contribution in [0, 0.1) is 6.92 Å². The average Bonchev–Trinajstić information content (AvgIpc) is 3.19. The number of nitrogens with zero attached hydrogens (tertiary/aromatic N) is 1. The Labute approximate surface area is 155 Å². The van der Waals surface area contributed by atoms with Crippen LogP contribution in [0.15, 0.2) is 17.5 Å². The highest BCUT2D eigenvalue weighted by Crippen LogP contribution is 2.31. The number of halogens is 3. The van der Waals surface area contributed by atoms with Crippen LogP contribution in [0.3, 0.4) is 0 Å². The SMILES string of the molecule is Cc1ccc(C(=O)CCC(=O)CCC(=O)Nc2nc(C(F)(F)F)cs2)s1. The van der Waals surface area contributed by atoms with E-state index in [0.29, 0.717) is 16.2 Å². The van der Waals surface area contributed by atoms with E-state index >= 15 is 0 Å². The maximum atomic E-state index is 12.4. The number of thiazole rings is 1. The molecule has 0 saturated heterocycles. The van der Waals surface area contributed by atoms with Gasteiger partial charge in [0.15, 0.2) is 16.6 Å². The molecule has 5 nitrogen and oxygen atoms in total. The van der Waals surface area contributed by atoms with Gasteiger partial charge in [0, 0.05) is 35.9 Å². The summed E-state index contributed by atoms with van der Waals surface area (Å²) >= 11 is 2.02. The van der Waals surface area contributed by atoms with E-state index in [9.17, 15) is 27.6 Å². The topological polar surface area (TPSA) is 76.1 Å². The number of amides is 1. The largest absolute Gasteiger partial charge is 0.434 e. The summed E-state index contributed by atoms with van der Waals surface area (Å²) in [6.45, 7) is 1.88. The van der Waals surface area contributed by atoms with E-state index in [4.69, 9.17) is 0 Å². The first-order chi connectivity index (χ1) is 12.1. The second kappa shape index (κ2) is 8.54. The van der Waals surface area contributed by atoms with Gasteiger partial charge >= 0.3 is 6.18 Å². The Bertz CT molecular complexity index is 812. The van der Waals surface area contributed by atoms with Gasteiger partial charge in [0.2, 0.25) is 5.91 Å². The van der Waals surface area contributed by atoms with Crippen LogP contribution in [0.1, 0.15) is 45.9 Å². The summed E-state index contributed by atoms with van der Waals surface area (Å²) in [5, 5.41) is 2.87. The number of thiophene rings is 1. The minimum atomic E-state index is -4.57. The van der Waals surface area contributed by atoms with Crippen LogP contribution in [0.4, 0.5) is 18.3 Å². The molecule has 0 atom stereocenters. The molecule has 0 saturated carbocycles. The molecule has 0 aliphatic carbocycles. The van der Waals surface area contributed by atoms with E-state index < -0.39 is 17.8 Å². The van der Waals surface area contributed by atoms with Crippen molar-refractivity contribution in [1.29, 1.82) is 0 Å². The standard InChI is InChI=1S/C16H15F3N2O3S2/c1-9-2-6-12(26-9)11(23)5-3-10(22)4-7-14(24)21-15-20-13(8-25-15)16(17,18)19/h2,6,8H,3-5,7H2,1H3,(H,20,21,24). The summed E-state index contributed by atoms with van der Waals surface area (Å²) in [5.41, 5.74) is -1.07. The highest BCUT2D eigenvalue weighted by molar-refractivity contribution is 7.14. The molecule has 0 bridgehead atoms. The third kappa shape index (κ3) is 6.03. The maximum absolute atomic E-state index is 12.4. The molecule has 26 heavy (non-hydrogen) atoms. The first-order valence-electron chi connectivity index (χ1n) is 7.59. The van der Waals surface area contributed by atoms with E-state index in [1.807, 2.05) is 13.0 Å². The number of aryl methyl sites for hydroxylation is 1. The average molecular weight is 404 g/mol. The van der Waals surface area contributed by atoms with Gasteiger partial charge in [-0.25, -0.2) is 4.98 Å². The summed E-state index contributed by atoms with van der Waals surface area (Å²) in [5.74, 6) is -0.970. The molecule has 2 heterocycles. The number of alkyl halides is 3. The smallest absolute Gasteiger partial charge is 0.302 e. The number of nitrogens with one attached hydrogen (secondary N) is 1. The molecule has 2 rings (SSSR count). The summed E-state index contributed by atoms with van der Waals surface area (Å²) in [6, 6.07) is 3.54. The van der Waals surface area contributed by atoms with Gasteiger partial charge in [-0.3, -0.25) is 14.4 Å². The molecule has 10 heteroatoms. The Morgan fingerprint density at radius 3 is 2.38 bits per heavy atom. The predicted molar refractivity (Wildman–Crippen MR) is 92.6 cm³/mol. The molecule has 2 aromatic rings. The molecule has 0 aliphatic rings. The molecule has 1 N–H and O–H groups in total. The van der Waals surface area contributed by atoms with Gasteiger partial charge < -0.3 is 5.32 Å². The summed E-state index contributed by atoms with van der Waals surface area (Å²) in [6.07, 6.45) is -4.73. The molecular formula is C16H15F3N2O3S2. The van der Waals surface area contributed by atoms with Crippen molar-refractivity contribution in [2.45, 2.75) is 38.8 Å². The number of anilines is 1. The second-order valence-corrected chi connectivity index (χ2v) is 7.60. The van der Waals surface area contributed by atoms with Crippen LogP contribution in [-0.4, -0.2) is 22.5 Å². The number of ketones is 2. The normalized spacial score (nSPS) is 11.4. The number of carbonyl (C=O) groups excluding carboxylic acids is 3. The number of carbonyl (C=O) groups is 3. The van der Waals surface area contributed by atoms with E-state index in [2.05, 4.69) is 10.3 Å². The third-order valence-electron chi connectivity index (χ3n) is 3.32. The van der Waals surface area contributed by atoms with Crippen molar-refractivity contribution in [1.82, 2.24) is 4.98 Å². The van der Waals surface area contributed by atoms with Gasteiger partial charge in [-0.2, -0.15) is 13.2 Å². The van der Waals surface area contributed by atoms with Gasteiger partial charge in [0.05, 0.1) is 4.88 Å². The van der Waals surface area contributed by atoms with Crippen molar-refractivity contribution in [3.63, 3.8) is 0 Å². The van der Waals surface area contributed by atoms with Crippen molar-refractivity contribution >= 4 is 45.3 Å². The monoisotopic (exact) mass is 404 g/mol. The Hall–Kier alpha value is -2.07. The van der Waals surface area contributed by atoms with E-state index in [0.717, 1.165) is 10.3 Å². The van der Waals surface area contributed by atoms with Crippen molar-refractivity contribution < 1.29 is 27.6 Å². The number of hydrogen-bond donors (Lipinski definition) is 1. The van der Waals surface area contributed by atoms with Crippen molar-refractivity contribution in [2.24, 2.45) is 0 Å². The van der Waals surface area contributed by atoms with E-state index in [1.54, 1.807) is 6.07 Å². The highest BCUT2D eigenvalue weighted by Gasteiger charge is 2.33. The molecule has 0 spiro atoms. The predicted octanol–water partition coefficient (Wildman–Crippen LogP) is 4.48. The number of hydrogen-bond acceptors (Lipinski definition) is 6. The zero-order chi connectivity index (χ0) is 19.3. The van der Waals surface area contributed by atoms with Gasteiger partial charge in [-0.15, -0.1) is 22.7 Å². The Kier molecular flexibility index (Phi) is 6.65. The summed E-state index contributed by atoms with van der Waals surface area (Å²) in [7, 11) is 0. The molecular weight excluding hydrogens is 389 g/mol. The molecule has 140 valence electrons. The van der Waals surface area contributed by atoms with Crippen LogP contribution in [0.5, 0.6) is 0 Å². The van der Waals surface area contributed by atoms with Crippen LogP contribution in [0.25, 0.3) is 0 Å². The molecule has 2 aromatic heterocycles. The Morgan fingerprint density at radius 1 is 1.12 bits per heavy atom. The molecule has 0 fully saturated rings. The first-order valence-corrected chi connectivity index (χ1v) is 9.28. The molecule has 0 unspecified atom stereocenters. The lowest BCUT2D eigenvalue weighted by molar-refractivity contribution is -0.140. The zero-order valence-corrected chi connectivity index (χ0v) is 15.3. The van der Waals surface area contributed by atoms with Crippen LogP contribution >= 0.6 is 22.7 Å². The maximum Gasteiger partial charge on any atom is 0.434 e. The molecule has 0 aliphatic heterocycles. The van der Waals surface area contributed by atoms with Gasteiger partial charge in [-0.1, -0.05) is 0 Å². The van der Waals surface area contributed by atoms with E-state index in [1.165, 1.54) is 11.3 Å². The van der Waals surface area contributed by atoms with Crippen molar-refractivity contribution in [2.75, 3.05) is 5.32 Å². The van der Waals surface area contributed by atoms with Crippen LogP contribution in [-0.2, 0) is 15.8 Å². The van der Waals surface area contributed by atoms with Crippen molar-refractivity contribution in [3.05, 3.63) is 33.0 Å². The fourth-order valence-corrected chi connectivity index (χ4v) is 3.55. The number of Topliss-reactive ketones (excluding diaryl/α,β-unsaturated/α-hetero) is 2. The first kappa shape index (κ1) is 20.2. The quantitative estimate of drug-likeness (QED) is 0.658. The zero-order valence-electron chi connectivity index (χ0n) is 13.7. The number of aromatic nitrogens is 1. The minimum Gasteiger partial charge on any atom is -0.302 e. The van der Waals surface area contributed by atoms with Crippen molar-refractivity contribution in [3.8, 4) is 0 Å². The van der Waals surface area contributed by atoms with E-state index in [-0.39, 0.29) is 42.4 Å². The Morgan fingerprint density at radius 2 is 1.81 bits per heavy atom. The summed E-state index contributed by atoms with van der Waals surface area (Å²) < 4.78 is 37.3. The van der Waals surface area contributed by atoms with Crippen LogP contribution in [0.2, 0.25) is 0 Å². The second-order valence-electron chi connectivity index (χ2n) is 5.46.